The molecule has 2 nitrogen and oxygen atoms in total. The molecule has 1 aromatic rings. The number of nitrogens with one attached hydrogen (secondary N) is 1. The summed E-state index contributed by atoms with van der Waals surface area (Å²) in [6.07, 6.45) is 2.60. The predicted molar refractivity (Wildman–Crippen MR) is 76.0 cm³/mol. The van der Waals surface area contributed by atoms with Gasteiger partial charge in [-0.1, -0.05) is 43.2 Å². The van der Waals surface area contributed by atoms with Crippen LogP contribution in [0.25, 0.3) is 0 Å². The van der Waals surface area contributed by atoms with E-state index in [1.165, 1.54) is 24.0 Å². The fourth-order valence-electron chi connectivity index (χ4n) is 3.03. The Balaban J connectivity index is 2.04. The van der Waals surface area contributed by atoms with Gasteiger partial charge in [0.1, 0.15) is 0 Å². The highest BCUT2D eigenvalue weighted by molar-refractivity contribution is 5.36. The normalized spacial score (nSPS) is 26.3. The highest BCUT2D eigenvalue weighted by Crippen LogP contribution is 2.55. The van der Waals surface area contributed by atoms with Gasteiger partial charge in [-0.15, -0.1) is 0 Å². The van der Waals surface area contributed by atoms with Gasteiger partial charge >= 0.3 is 0 Å². The Morgan fingerprint density at radius 3 is 2.89 bits per heavy atom. The minimum absolute atomic E-state index is 0.383. The fourth-order valence-corrected chi connectivity index (χ4v) is 3.03. The van der Waals surface area contributed by atoms with Gasteiger partial charge in [-0.3, -0.25) is 0 Å². The molecular formula is C16H25NO. The zero-order valence-corrected chi connectivity index (χ0v) is 11.8. The van der Waals surface area contributed by atoms with E-state index in [2.05, 4.69) is 43.4 Å². The Morgan fingerprint density at radius 1 is 1.44 bits per heavy atom. The zero-order chi connectivity index (χ0) is 13.0. The van der Waals surface area contributed by atoms with Gasteiger partial charge in [-0.25, -0.2) is 0 Å². The van der Waals surface area contributed by atoms with Crippen molar-refractivity contribution in [3.63, 3.8) is 0 Å². The van der Waals surface area contributed by atoms with Crippen molar-refractivity contribution in [3.05, 3.63) is 35.4 Å². The topological polar surface area (TPSA) is 21.3 Å². The Labute approximate surface area is 111 Å². The van der Waals surface area contributed by atoms with E-state index in [9.17, 15) is 0 Å². The van der Waals surface area contributed by atoms with Gasteiger partial charge in [0.15, 0.2) is 0 Å². The lowest BCUT2D eigenvalue weighted by Crippen LogP contribution is -2.31. The number of methoxy groups -OCH3 is 1. The molecular weight excluding hydrogens is 222 g/mol. The van der Waals surface area contributed by atoms with Gasteiger partial charge in [-0.2, -0.15) is 0 Å². The summed E-state index contributed by atoms with van der Waals surface area (Å²) in [7, 11) is 1.75. The van der Waals surface area contributed by atoms with Gasteiger partial charge in [0.05, 0.1) is 6.61 Å². The Kier molecular flexibility index (Phi) is 4.41. The largest absolute Gasteiger partial charge is 0.383 e. The summed E-state index contributed by atoms with van der Waals surface area (Å²) in [5, 5.41) is 3.55. The first-order valence-electron chi connectivity index (χ1n) is 6.99. The van der Waals surface area contributed by atoms with Crippen LogP contribution in [0.15, 0.2) is 24.3 Å². The second-order valence-electron chi connectivity index (χ2n) is 5.50. The van der Waals surface area contributed by atoms with Gasteiger partial charge in [-0.05, 0) is 24.8 Å². The van der Waals surface area contributed by atoms with Crippen molar-refractivity contribution < 1.29 is 4.74 Å². The fraction of sp³-hybridized carbons (Fsp3) is 0.625. The molecule has 0 spiro atoms. The van der Waals surface area contributed by atoms with Crippen molar-refractivity contribution in [3.8, 4) is 0 Å². The van der Waals surface area contributed by atoms with Crippen molar-refractivity contribution in [2.24, 2.45) is 5.92 Å². The van der Waals surface area contributed by atoms with E-state index in [1.54, 1.807) is 7.11 Å². The zero-order valence-electron chi connectivity index (χ0n) is 11.8. The summed E-state index contributed by atoms with van der Waals surface area (Å²) in [6.45, 7) is 7.30. The second kappa shape index (κ2) is 5.85. The smallest absolute Gasteiger partial charge is 0.0587 e. The van der Waals surface area contributed by atoms with Gasteiger partial charge in [0.25, 0.3) is 0 Å². The molecule has 0 aromatic heterocycles. The van der Waals surface area contributed by atoms with Crippen molar-refractivity contribution >= 4 is 0 Å². The molecule has 2 unspecified atom stereocenters. The van der Waals surface area contributed by atoms with E-state index in [-0.39, 0.29) is 0 Å². The third-order valence-electron chi connectivity index (χ3n) is 4.24. The van der Waals surface area contributed by atoms with Crippen LogP contribution >= 0.6 is 0 Å². The molecule has 0 bridgehead atoms. The molecule has 1 N–H and O–H groups in total. The van der Waals surface area contributed by atoms with E-state index in [0.717, 1.165) is 25.6 Å². The SMILES string of the molecule is CCC1CC1(CNCCOC)c1cccc(C)c1. The van der Waals surface area contributed by atoms with Crippen LogP contribution in [-0.2, 0) is 10.2 Å². The average molecular weight is 247 g/mol. The molecule has 1 aromatic carbocycles. The van der Waals surface area contributed by atoms with E-state index in [0.29, 0.717) is 5.41 Å². The van der Waals surface area contributed by atoms with E-state index in [4.69, 9.17) is 4.74 Å². The summed E-state index contributed by atoms with van der Waals surface area (Å²) in [4.78, 5) is 0. The first-order chi connectivity index (χ1) is 8.73. The summed E-state index contributed by atoms with van der Waals surface area (Å²) in [5.74, 6) is 0.842. The van der Waals surface area contributed by atoms with Crippen molar-refractivity contribution in [1.29, 1.82) is 0 Å². The van der Waals surface area contributed by atoms with Gasteiger partial charge in [0, 0.05) is 25.6 Å². The first-order valence-corrected chi connectivity index (χ1v) is 6.99. The molecule has 0 saturated heterocycles. The standard InChI is InChI=1S/C16H25NO/c1-4-14-11-16(14,12-17-8-9-18-3)15-7-5-6-13(2)10-15/h5-7,10,14,17H,4,8-9,11-12H2,1-3H3. The van der Waals surface area contributed by atoms with Crippen molar-refractivity contribution in [1.82, 2.24) is 5.32 Å². The van der Waals surface area contributed by atoms with Crippen LogP contribution in [0.5, 0.6) is 0 Å². The quantitative estimate of drug-likeness (QED) is 0.748. The van der Waals surface area contributed by atoms with E-state index >= 15 is 0 Å². The lowest BCUT2D eigenvalue weighted by atomic mass is 9.91. The molecule has 0 heterocycles. The van der Waals surface area contributed by atoms with Crippen molar-refractivity contribution in [2.45, 2.75) is 32.1 Å². The molecule has 18 heavy (non-hydrogen) atoms. The number of benzene rings is 1. The molecule has 100 valence electrons. The minimum atomic E-state index is 0.383. The predicted octanol–water partition coefficient (Wildman–Crippen LogP) is 2.90. The third kappa shape index (κ3) is 2.76. The number of aryl methyl sites for hydroxylation is 1. The lowest BCUT2D eigenvalue weighted by Gasteiger charge is -2.19. The number of hydrogen-bond acceptors (Lipinski definition) is 2. The Morgan fingerprint density at radius 2 is 2.28 bits per heavy atom. The maximum atomic E-state index is 5.09. The van der Waals surface area contributed by atoms with E-state index < -0.39 is 0 Å². The van der Waals surface area contributed by atoms with Crippen LogP contribution in [-0.4, -0.2) is 26.8 Å². The molecule has 0 radical (unpaired) electrons. The van der Waals surface area contributed by atoms with Gasteiger partial charge in [0.2, 0.25) is 0 Å². The minimum Gasteiger partial charge on any atom is -0.383 e. The molecule has 2 atom stereocenters. The third-order valence-corrected chi connectivity index (χ3v) is 4.24. The van der Waals surface area contributed by atoms with Crippen LogP contribution in [0.1, 0.15) is 30.9 Å². The lowest BCUT2D eigenvalue weighted by molar-refractivity contribution is 0.198. The molecule has 1 aliphatic rings. The maximum absolute atomic E-state index is 5.09. The van der Waals surface area contributed by atoms with Crippen LogP contribution < -0.4 is 5.32 Å². The molecule has 1 aliphatic carbocycles. The molecule has 2 heteroatoms. The van der Waals surface area contributed by atoms with Crippen LogP contribution in [0.2, 0.25) is 0 Å². The number of rotatable bonds is 7. The van der Waals surface area contributed by atoms with Crippen LogP contribution in [0.3, 0.4) is 0 Å². The Bertz CT molecular complexity index is 390. The Hall–Kier alpha value is -0.860. The molecule has 2 rings (SSSR count). The highest BCUT2D eigenvalue weighted by atomic mass is 16.5. The highest BCUT2D eigenvalue weighted by Gasteiger charge is 2.53. The molecule has 1 fully saturated rings. The van der Waals surface area contributed by atoms with E-state index in [1.807, 2.05) is 0 Å². The summed E-state index contributed by atoms with van der Waals surface area (Å²) in [5.41, 5.74) is 3.26. The number of hydrogen-bond donors (Lipinski definition) is 1. The number of ether oxygens (including phenoxy) is 1. The molecule has 1 saturated carbocycles. The first kappa shape index (κ1) is 13.6. The molecule has 0 amide bonds. The maximum Gasteiger partial charge on any atom is 0.0587 e. The summed E-state index contributed by atoms with van der Waals surface area (Å²) >= 11 is 0. The van der Waals surface area contributed by atoms with Crippen LogP contribution in [0.4, 0.5) is 0 Å². The summed E-state index contributed by atoms with van der Waals surface area (Å²) < 4.78 is 5.09. The van der Waals surface area contributed by atoms with Crippen molar-refractivity contribution in [2.75, 3.05) is 26.8 Å². The second-order valence-corrected chi connectivity index (χ2v) is 5.50. The molecule has 0 aliphatic heterocycles. The average Bonchev–Trinajstić information content (AvgIpc) is 3.10. The van der Waals surface area contributed by atoms with Gasteiger partial charge < -0.3 is 10.1 Å². The monoisotopic (exact) mass is 247 g/mol. The van der Waals surface area contributed by atoms with Crippen LogP contribution in [0, 0.1) is 12.8 Å². The summed E-state index contributed by atoms with van der Waals surface area (Å²) in [6, 6.07) is 9.01.